The lowest BCUT2D eigenvalue weighted by molar-refractivity contribution is 0.166. The molecule has 1 aliphatic rings. The van der Waals surface area contributed by atoms with Gasteiger partial charge in [0.1, 0.15) is 0 Å². The second-order valence-electron chi connectivity index (χ2n) is 5.06. The van der Waals surface area contributed by atoms with Crippen LogP contribution in [-0.2, 0) is 0 Å². The van der Waals surface area contributed by atoms with E-state index in [0.29, 0.717) is 12.1 Å². The number of hydrogen-bond donors (Lipinski definition) is 1. The lowest BCUT2D eigenvalue weighted by Gasteiger charge is -2.36. The Hall–Kier alpha value is -0.0800. The predicted octanol–water partition coefficient (Wildman–Crippen LogP) is 2.77. The van der Waals surface area contributed by atoms with Crippen LogP contribution in [0.4, 0.5) is 0 Å². The third-order valence-corrected chi connectivity index (χ3v) is 3.71. The molecule has 1 rings (SSSR count). The minimum Gasteiger partial charge on any atom is -0.326 e. The number of nitrogens with zero attached hydrogens (tertiary/aromatic N) is 1. The van der Waals surface area contributed by atoms with E-state index >= 15 is 0 Å². The molecule has 0 aromatic rings. The van der Waals surface area contributed by atoms with Gasteiger partial charge in [0.15, 0.2) is 0 Å². The Balaban J connectivity index is 2.16. The van der Waals surface area contributed by atoms with Crippen molar-refractivity contribution >= 4 is 0 Å². The molecule has 90 valence electrons. The largest absolute Gasteiger partial charge is 0.326 e. The van der Waals surface area contributed by atoms with Gasteiger partial charge >= 0.3 is 0 Å². The molecule has 0 heterocycles. The molecule has 2 heteroatoms. The molecule has 0 aromatic heterocycles. The zero-order chi connectivity index (χ0) is 11.1. The number of unbranched alkanes of at least 4 members (excludes halogenated alkanes) is 3. The second kappa shape index (κ2) is 7.24. The first-order valence-corrected chi connectivity index (χ1v) is 6.71. The summed E-state index contributed by atoms with van der Waals surface area (Å²) >= 11 is 0. The summed E-state index contributed by atoms with van der Waals surface area (Å²) in [6.07, 6.45) is 10.7. The van der Waals surface area contributed by atoms with Crippen LogP contribution in [-0.4, -0.2) is 30.6 Å². The lowest BCUT2D eigenvalue weighted by Crippen LogP contribution is -2.48. The van der Waals surface area contributed by atoms with Gasteiger partial charge in [-0.15, -0.1) is 0 Å². The standard InChI is InChI=1S/C13H28N2/c1-3-4-5-8-11-15(2)13-10-7-6-9-12(13)14/h12-13H,3-11,14H2,1-2H3. The fourth-order valence-electron chi connectivity index (χ4n) is 2.64. The van der Waals surface area contributed by atoms with Gasteiger partial charge in [0.2, 0.25) is 0 Å². The third-order valence-electron chi connectivity index (χ3n) is 3.71. The highest BCUT2D eigenvalue weighted by molar-refractivity contribution is 4.84. The van der Waals surface area contributed by atoms with Crippen molar-refractivity contribution in [3.05, 3.63) is 0 Å². The molecule has 0 spiro atoms. The Morgan fingerprint density at radius 1 is 1.13 bits per heavy atom. The van der Waals surface area contributed by atoms with Crippen LogP contribution in [0.3, 0.4) is 0 Å². The Kier molecular flexibility index (Phi) is 6.26. The van der Waals surface area contributed by atoms with Gasteiger partial charge in [-0.1, -0.05) is 39.0 Å². The molecule has 0 bridgehead atoms. The number of nitrogens with two attached hydrogens (primary N) is 1. The summed E-state index contributed by atoms with van der Waals surface area (Å²) in [6.45, 7) is 3.50. The highest BCUT2D eigenvalue weighted by Crippen LogP contribution is 2.21. The number of rotatable bonds is 6. The molecule has 2 atom stereocenters. The Labute approximate surface area is 95.2 Å². The van der Waals surface area contributed by atoms with Gasteiger partial charge in [-0.05, 0) is 32.9 Å². The first-order chi connectivity index (χ1) is 7.25. The van der Waals surface area contributed by atoms with E-state index in [1.165, 1.54) is 57.9 Å². The van der Waals surface area contributed by atoms with Crippen LogP contribution >= 0.6 is 0 Å². The van der Waals surface area contributed by atoms with Crippen LogP contribution in [0.25, 0.3) is 0 Å². The van der Waals surface area contributed by atoms with Crippen LogP contribution in [0.2, 0.25) is 0 Å². The highest BCUT2D eigenvalue weighted by Gasteiger charge is 2.24. The topological polar surface area (TPSA) is 29.3 Å². The molecule has 1 saturated carbocycles. The monoisotopic (exact) mass is 212 g/mol. The highest BCUT2D eigenvalue weighted by atomic mass is 15.1. The van der Waals surface area contributed by atoms with Gasteiger partial charge in [0, 0.05) is 12.1 Å². The second-order valence-corrected chi connectivity index (χ2v) is 5.06. The minimum absolute atomic E-state index is 0.426. The Bertz CT molecular complexity index is 159. The third kappa shape index (κ3) is 4.52. The van der Waals surface area contributed by atoms with Crippen LogP contribution in [0.15, 0.2) is 0 Å². The fourth-order valence-corrected chi connectivity index (χ4v) is 2.64. The summed E-state index contributed by atoms with van der Waals surface area (Å²) in [4.78, 5) is 2.50. The summed E-state index contributed by atoms with van der Waals surface area (Å²) in [7, 11) is 2.25. The van der Waals surface area contributed by atoms with Gasteiger partial charge in [-0.25, -0.2) is 0 Å². The zero-order valence-corrected chi connectivity index (χ0v) is 10.5. The molecule has 1 aliphatic carbocycles. The van der Waals surface area contributed by atoms with Gasteiger partial charge in [0.25, 0.3) is 0 Å². The van der Waals surface area contributed by atoms with E-state index < -0.39 is 0 Å². The van der Waals surface area contributed by atoms with Crippen molar-refractivity contribution in [2.75, 3.05) is 13.6 Å². The molecule has 15 heavy (non-hydrogen) atoms. The molecule has 0 saturated heterocycles. The molecular weight excluding hydrogens is 184 g/mol. The van der Waals surface area contributed by atoms with E-state index in [2.05, 4.69) is 18.9 Å². The molecule has 2 unspecified atom stereocenters. The van der Waals surface area contributed by atoms with Gasteiger partial charge in [0.05, 0.1) is 0 Å². The molecule has 2 N–H and O–H groups in total. The maximum atomic E-state index is 6.17. The van der Waals surface area contributed by atoms with E-state index in [1.54, 1.807) is 0 Å². The summed E-state index contributed by atoms with van der Waals surface area (Å²) in [5.41, 5.74) is 6.17. The first-order valence-electron chi connectivity index (χ1n) is 6.71. The van der Waals surface area contributed by atoms with Crippen molar-refractivity contribution in [2.45, 2.75) is 70.4 Å². The average Bonchev–Trinajstić information content (AvgIpc) is 2.25. The van der Waals surface area contributed by atoms with Crippen LogP contribution in [0.1, 0.15) is 58.3 Å². The van der Waals surface area contributed by atoms with Crippen molar-refractivity contribution in [1.29, 1.82) is 0 Å². The molecule has 0 radical (unpaired) electrons. The average molecular weight is 212 g/mol. The van der Waals surface area contributed by atoms with Gasteiger partial charge in [-0.2, -0.15) is 0 Å². The Morgan fingerprint density at radius 2 is 1.87 bits per heavy atom. The predicted molar refractivity (Wildman–Crippen MR) is 67.0 cm³/mol. The smallest absolute Gasteiger partial charge is 0.0244 e. The molecule has 2 nitrogen and oxygen atoms in total. The summed E-state index contributed by atoms with van der Waals surface area (Å²) in [6, 6.07) is 1.08. The normalized spacial score (nSPS) is 27.2. The quantitative estimate of drug-likeness (QED) is 0.686. The summed E-state index contributed by atoms with van der Waals surface area (Å²) in [5, 5.41) is 0. The van der Waals surface area contributed by atoms with Crippen LogP contribution in [0, 0.1) is 0 Å². The first kappa shape index (κ1) is 13.0. The van der Waals surface area contributed by atoms with E-state index in [-0.39, 0.29) is 0 Å². The molecule has 1 fully saturated rings. The van der Waals surface area contributed by atoms with Crippen LogP contribution < -0.4 is 5.73 Å². The van der Waals surface area contributed by atoms with Crippen molar-refractivity contribution < 1.29 is 0 Å². The summed E-state index contributed by atoms with van der Waals surface area (Å²) in [5.74, 6) is 0. The van der Waals surface area contributed by atoms with E-state index in [4.69, 9.17) is 5.73 Å². The van der Waals surface area contributed by atoms with E-state index in [0.717, 1.165) is 0 Å². The number of hydrogen-bond acceptors (Lipinski definition) is 2. The molecule has 0 aliphatic heterocycles. The van der Waals surface area contributed by atoms with Crippen molar-refractivity contribution in [3.63, 3.8) is 0 Å². The molecule has 0 aromatic carbocycles. The lowest BCUT2D eigenvalue weighted by atomic mass is 9.90. The molecular formula is C13H28N2. The van der Waals surface area contributed by atoms with E-state index in [9.17, 15) is 0 Å². The van der Waals surface area contributed by atoms with Crippen LogP contribution in [0.5, 0.6) is 0 Å². The maximum Gasteiger partial charge on any atom is 0.0244 e. The maximum absolute atomic E-state index is 6.17. The Morgan fingerprint density at radius 3 is 2.53 bits per heavy atom. The summed E-state index contributed by atoms with van der Waals surface area (Å²) < 4.78 is 0. The minimum atomic E-state index is 0.426. The van der Waals surface area contributed by atoms with Gasteiger partial charge < -0.3 is 10.6 Å². The van der Waals surface area contributed by atoms with Crippen molar-refractivity contribution in [2.24, 2.45) is 5.73 Å². The zero-order valence-electron chi connectivity index (χ0n) is 10.5. The van der Waals surface area contributed by atoms with E-state index in [1.807, 2.05) is 0 Å². The van der Waals surface area contributed by atoms with Crippen molar-refractivity contribution in [3.8, 4) is 0 Å². The fraction of sp³-hybridized carbons (Fsp3) is 1.00. The van der Waals surface area contributed by atoms with Gasteiger partial charge in [-0.3, -0.25) is 0 Å². The number of likely N-dealkylation sites (N-methyl/N-ethyl adjacent to an activating group) is 1. The molecule has 0 amide bonds. The van der Waals surface area contributed by atoms with Crippen molar-refractivity contribution in [1.82, 2.24) is 4.90 Å². The SMILES string of the molecule is CCCCCCN(C)C1CCCCC1N.